The minimum absolute atomic E-state index is 0.0920. The number of ether oxygens (including phenoxy) is 1. The fourth-order valence-electron chi connectivity index (χ4n) is 3.97. The zero-order chi connectivity index (χ0) is 22.8. The van der Waals surface area contributed by atoms with E-state index in [-0.39, 0.29) is 23.3 Å². The fourth-order valence-corrected chi connectivity index (χ4v) is 6.27. The molecule has 0 spiro atoms. The van der Waals surface area contributed by atoms with E-state index in [9.17, 15) is 9.59 Å². The van der Waals surface area contributed by atoms with Crippen molar-refractivity contribution >= 4 is 50.8 Å². The van der Waals surface area contributed by atoms with E-state index in [4.69, 9.17) is 21.3 Å². The zero-order valence-electron chi connectivity index (χ0n) is 18.4. The highest BCUT2D eigenvalue weighted by Gasteiger charge is 2.23. The normalized spacial score (nSPS) is 14.4. The number of nitrogens with zero attached hydrogens (tertiary/aromatic N) is 2. The third kappa shape index (κ3) is 4.73. The van der Waals surface area contributed by atoms with E-state index in [1.54, 1.807) is 29.1 Å². The van der Waals surface area contributed by atoms with Gasteiger partial charge in [0.2, 0.25) is 5.91 Å². The van der Waals surface area contributed by atoms with E-state index in [2.05, 4.69) is 5.32 Å². The van der Waals surface area contributed by atoms with Crippen molar-refractivity contribution < 1.29 is 9.53 Å². The number of hydrogen-bond donors (Lipinski definition) is 1. The number of aromatic nitrogens is 2. The number of carbonyl (C=O) groups excluding carboxylic acids is 1. The van der Waals surface area contributed by atoms with Crippen LogP contribution in [0.4, 0.5) is 0 Å². The van der Waals surface area contributed by atoms with Crippen LogP contribution in [0.15, 0.2) is 28.2 Å². The first-order valence-electron chi connectivity index (χ1n) is 10.6. The molecule has 170 valence electrons. The molecule has 4 rings (SSSR count). The minimum atomic E-state index is -0.132. The number of aryl methyl sites for hydroxylation is 3. The van der Waals surface area contributed by atoms with Crippen molar-refractivity contribution in [1.82, 2.24) is 14.9 Å². The number of methoxy groups -OCH3 is 1. The second kappa shape index (κ2) is 9.95. The Bertz CT molecular complexity index is 1220. The molecule has 1 aliphatic carbocycles. The van der Waals surface area contributed by atoms with Crippen molar-refractivity contribution in [2.45, 2.75) is 50.7 Å². The Morgan fingerprint density at radius 1 is 1.38 bits per heavy atom. The van der Waals surface area contributed by atoms with Crippen LogP contribution < -0.4 is 10.9 Å². The first-order valence-corrected chi connectivity index (χ1v) is 12.8. The van der Waals surface area contributed by atoms with E-state index in [0.717, 1.165) is 41.6 Å². The maximum atomic E-state index is 13.7. The van der Waals surface area contributed by atoms with Gasteiger partial charge < -0.3 is 10.1 Å². The summed E-state index contributed by atoms with van der Waals surface area (Å²) in [6, 6.07) is 5.46. The molecule has 0 saturated carbocycles. The average molecular weight is 492 g/mol. The number of nitrogens with one attached hydrogen (secondary N) is 1. The first-order chi connectivity index (χ1) is 15.4. The molecule has 6 nitrogen and oxygen atoms in total. The highest BCUT2D eigenvalue weighted by atomic mass is 35.5. The van der Waals surface area contributed by atoms with Gasteiger partial charge in [0.25, 0.3) is 5.56 Å². The SMILES string of the molecule is COCC(C)NC(=O)CSc1nc2sc3c(c2c(=O)n1-c1ccc(C)c(Cl)c1)CCCC3. The lowest BCUT2D eigenvalue weighted by Crippen LogP contribution is -2.36. The molecule has 1 N–H and O–H groups in total. The third-order valence-corrected chi connectivity index (χ3v) is 8.06. The summed E-state index contributed by atoms with van der Waals surface area (Å²) in [5.74, 6) is 0.0179. The molecule has 1 aliphatic rings. The Labute approximate surface area is 200 Å². The Hall–Kier alpha value is -1.87. The number of fused-ring (bicyclic) bond motifs is 3. The van der Waals surface area contributed by atoms with Gasteiger partial charge in [-0.2, -0.15) is 0 Å². The average Bonchev–Trinajstić information content (AvgIpc) is 3.13. The fraction of sp³-hybridized carbons (Fsp3) is 0.435. The van der Waals surface area contributed by atoms with Gasteiger partial charge in [0, 0.05) is 23.1 Å². The smallest absolute Gasteiger partial charge is 0.267 e. The van der Waals surface area contributed by atoms with Crippen molar-refractivity contribution in [2.75, 3.05) is 19.5 Å². The van der Waals surface area contributed by atoms with Crippen molar-refractivity contribution in [1.29, 1.82) is 0 Å². The summed E-state index contributed by atoms with van der Waals surface area (Å²) in [6.45, 7) is 4.25. The molecule has 0 saturated heterocycles. The molecule has 0 bridgehead atoms. The summed E-state index contributed by atoms with van der Waals surface area (Å²) in [5, 5.41) is 4.69. The van der Waals surface area contributed by atoms with Crippen molar-refractivity contribution in [2.24, 2.45) is 0 Å². The number of rotatable bonds is 7. The molecule has 1 unspecified atom stereocenters. The lowest BCUT2D eigenvalue weighted by atomic mass is 9.97. The molecule has 0 radical (unpaired) electrons. The minimum Gasteiger partial charge on any atom is -0.383 e. The summed E-state index contributed by atoms with van der Waals surface area (Å²) in [4.78, 5) is 33.0. The number of thioether (sulfide) groups is 1. The molecule has 2 heterocycles. The number of thiophene rings is 1. The lowest BCUT2D eigenvalue weighted by molar-refractivity contribution is -0.119. The highest BCUT2D eigenvalue weighted by Crippen LogP contribution is 2.35. The molecule has 0 fully saturated rings. The summed E-state index contributed by atoms with van der Waals surface area (Å²) in [6.07, 6.45) is 4.13. The Kier molecular flexibility index (Phi) is 7.24. The van der Waals surface area contributed by atoms with Gasteiger partial charge in [0.05, 0.1) is 23.4 Å². The van der Waals surface area contributed by atoms with Gasteiger partial charge in [-0.3, -0.25) is 14.2 Å². The molecule has 2 aromatic heterocycles. The van der Waals surface area contributed by atoms with Crippen molar-refractivity contribution in [3.8, 4) is 5.69 Å². The summed E-state index contributed by atoms with van der Waals surface area (Å²) in [5.41, 5.74) is 2.64. The van der Waals surface area contributed by atoms with E-state index in [0.29, 0.717) is 27.9 Å². The Balaban J connectivity index is 1.77. The summed E-state index contributed by atoms with van der Waals surface area (Å²) >= 11 is 9.24. The van der Waals surface area contributed by atoms with Gasteiger partial charge in [-0.25, -0.2) is 4.98 Å². The second-order valence-corrected chi connectivity index (χ2v) is 10.5. The van der Waals surface area contributed by atoms with Crippen LogP contribution in [0.2, 0.25) is 5.02 Å². The first kappa shape index (κ1) is 23.3. The van der Waals surface area contributed by atoms with Gasteiger partial charge in [0.15, 0.2) is 5.16 Å². The Morgan fingerprint density at radius 2 is 2.16 bits per heavy atom. The number of benzene rings is 1. The van der Waals surface area contributed by atoms with E-state index < -0.39 is 0 Å². The van der Waals surface area contributed by atoms with Crippen LogP contribution in [-0.4, -0.2) is 41.0 Å². The van der Waals surface area contributed by atoms with E-state index in [1.165, 1.54) is 16.6 Å². The van der Waals surface area contributed by atoms with Crippen LogP contribution in [0, 0.1) is 6.92 Å². The third-order valence-electron chi connectivity index (χ3n) is 5.53. The number of hydrogen-bond acceptors (Lipinski definition) is 6. The van der Waals surface area contributed by atoms with Crippen LogP contribution in [0.3, 0.4) is 0 Å². The molecular formula is C23H26ClN3O3S2. The van der Waals surface area contributed by atoms with Gasteiger partial charge in [-0.1, -0.05) is 29.4 Å². The van der Waals surface area contributed by atoms with Crippen LogP contribution in [0.25, 0.3) is 15.9 Å². The Morgan fingerprint density at radius 3 is 2.91 bits per heavy atom. The largest absolute Gasteiger partial charge is 0.383 e. The zero-order valence-corrected chi connectivity index (χ0v) is 20.8. The quantitative estimate of drug-likeness (QED) is 0.388. The van der Waals surface area contributed by atoms with Crippen LogP contribution in [0.1, 0.15) is 35.8 Å². The van der Waals surface area contributed by atoms with Crippen molar-refractivity contribution in [3.63, 3.8) is 0 Å². The topological polar surface area (TPSA) is 73.2 Å². The van der Waals surface area contributed by atoms with Crippen molar-refractivity contribution in [3.05, 3.63) is 49.6 Å². The van der Waals surface area contributed by atoms with Crippen LogP contribution in [-0.2, 0) is 22.4 Å². The molecule has 32 heavy (non-hydrogen) atoms. The highest BCUT2D eigenvalue weighted by molar-refractivity contribution is 7.99. The maximum Gasteiger partial charge on any atom is 0.267 e. The molecular weight excluding hydrogens is 466 g/mol. The van der Waals surface area contributed by atoms with Crippen LogP contribution in [0.5, 0.6) is 0 Å². The summed E-state index contributed by atoms with van der Waals surface area (Å²) in [7, 11) is 1.60. The van der Waals surface area contributed by atoms with E-state index in [1.807, 2.05) is 26.0 Å². The predicted molar refractivity (Wildman–Crippen MR) is 132 cm³/mol. The monoisotopic (exact) mass is 491 g/mol. The molecule has 0 aliphatic heterocycles. The van der Waals surface area contributed by atoms with Crippen LogP contribution >= 0.6 is 34.7 Å². The lowest BCUT2D eigenvalue weighted by Gasteiger charge is -2.15. The molecule has 9 heteroatoms. The number of amides is 1. The van der Waals surface area contributed by atoms with Gasteiger partial charge in [0.1, 0.15) is 4.83 Å². The van der Waals surface area contributed by atoms with Gasteiger partial charge in [-0.05, 0) is 62.8 Å². The second-order valence-electron chi connectivity index (χ2n) is 8.07. The van der Waals surface area contributed by atoms with Gasteiger partial charge >= 0.3 is 0 Å². The predicted octanol–water partition coefficient (Wildman–Crippen LogP) is 4.53. The van der Waals surface area contributed by atoms with E-state index >= 15 is 0 Å². The molecule has 1 amide bonds. The summed E-state index contributed by atoms with van der Waals surface area (Å²) < 4.78 is 6.68. The molecule has 3 aromatic rings. The molecule has 1 atom stereocenters. The maximum absolute atomic E-state index is 13.7. The van der Waals surface area contributed by atoms with Gasteiger partial charge in [-0.15, -0.1) is 11.3 Å². The number of halogens is 1. The standard InChI is InChI=1S/C23H26ClN3O3S2/c1-13-8-9-15(10-17(13)24)27-22(29)20-16-6-4-5-7-18(16)32-21(20)26-23(27)31-12-19(28)25-14(2)11-30-3/h8-10,14H,4-7,11-12H2,1-3H3,(H,25,28). The molecule has 1 aromatic carbocycles. The number of carbonyl (C=O) groups is 1.